The van der Waals surface area contributed by atoms with Crippen LogP contribution in [0, 0.1) is 0 Å². The minimum Gasteiger partial charge on any atom is -0.492 e. The summed E-state index contributed by atoms with van der Waals surface area (Å²) in [6.45, 7) is 7.47. The molecule has 6 nitrogen and oxygen atoms in total. The molecule has 0 aliphatic heterocycles. The van der Waals surface area contributed by atoms with Gasteiger partial charge in [0.2, 0.25) is 0 Å². The van der Waals surface area contributed by atoms with Gasteiger partial charge in [-0.15, -0.1) is 11.3 Å². The van der Waals surface area contributed by atoms with Gasteiger partial charge in [0.25, 0.3) is 0 Å². The number of benzene rings is 1. The number of hydrogen-bond donors (Lipinski definition) is 1. The van der Waals surface area contributed by atoms with E-state index in [1.165, 1.54) is 11.3 Å². The number of nitrogens with zero attached hydrogens (tertiary/aromatic N) is 2. The fraction of sp³-hybridized carbons (Fsp3) is 0.474. The number of aromatic nitrogens is 1. The lowest BCUT2D eigenvalue weighted by molar-refractivity contribution is 0.132. The van der Waals surface area contributed by atoms with Crippen molar-refractivity contribution in [2.24, 2.45) is 0 Å². The zero-order valence-electron chi connectivity index (χ0n) is 16.0. The highest BCUT2D eigenvalue weighted by Crippen LogP contribution is 2.27. The number of carbonyl (C=O) groups is 1. The summed E-state index contributed by atoms with van der Waals surface area (Å²) in [4.78, 5) is 19.1. The van der Waals surface area contributed by atoms with E-state index in [1.54, 1.807) is 6.20 Å². The van der Waals surface area contributed by atoms with Crippen LogP contribution in [0.5, 0.6) is 5.75 Å². The molecule has 0 radical (unpaired) electrons. The van der Waals surface area contributed by atoms with Crippen molar-refractivity contribution >= 4 is 17.4 Å². The van der Waals surface area contributed by atoms with Gasteiger partial charge in [-0.3, -0.25) is 0 Å². The number of carbonyl (C=O) groups excluding carboxylic acids is 1. The Balaban J connectivity index is 1.87. The first kappa shape index (κ1) is 20.2. The molecule has 0 bridgehead atoms. The number of ether oxygens (including phenoxy) is 2. The number of thiazole rings is 1. The van der Waals surface area contributed by atoms with Crippen molar-refractivity contribution in [1.82, 2.24) is 15.2 Å². The molecule has 1 heterocycles. The van der Waals surface area contributed by atoms with Gasteiger partial charge in [-0.2, -0.15) is 0 Å². The van der Waals surface area contributed by atoms with Crippen molar-refractivity contribution < 1.29 is 14.3 Å². The molecule has 1 aromatic carbocycles. The molecule has 1 N–H and O–H groups in total. The standard InChI is InChI=1S/C19H27N3O3S/c1-19(2,3)21-18(23)25-13-16-12-20-17(26-16)14-6-8-15(9-7-14)24-11-10-22(4)5/h6-9,12H,10-11,13H2,1-5H3,(H,21,23). The molecule has 142 valence electrons. The molecule has 0 saturated heterocycles. The van der Waals surface area contributed by atoms with Gasteiger partial charge < -0.3 is 19.7 Å². The van der Waals surface area contributed by atoms with E-state index >= 15 is 0 Å². The van der Waals surface area contributed by atoms with Crippen molar-refractivity contribution in [3.63, 3.8) is 0 Å². The predicted molar refractivity (Wildman–Crippen MR) is 105 cm³/mol. The van der Waals surface area contributed by atoms with Gasteiger partial charge in [0.15, 0.2) is 0 Å². The summed E-state index contributed by atoms with van der Waals surface area (Å²) >= 11 is 1.51. The first-order valence-electron chi connectivity index (χ1n) is 8.50. The summed E-state index contributed by atoms with van der Waals surface area (Å²) in [5.74, 6) is 0.842. The monoisotopic (exact) mass is 377 g/mol. The lowest BCUT2D eigenvalue weighted by atomic mass is 10.1. The fourth-order valence-corrected chi connectivity index (χ4v) is 2.86. The van der Waals surface area contributed by atoms with Crippen molar-refractivity contribution in [2.75, 3.05) is 27.2 Å². The number of alkyl carbamates (subject to hydrolysis) is 1. The van der Waals surface area contributed by atoms with Gasteiger partial charge in [0.1, 0.15) is 24.0 Å². The van der Waals surface area contributed by atoms with Crippen LogP contribution in [0.1, 0.15) is 25.6 Å². The molecular formula is C19H27N3O3S. The van der Waals surface area contributed by atoms with Crippen LogP contribution in [0.25, 0.3) is 10.6 Å². The molecule has 7 heteroatoms. The Morgan fingerprint density at radius 2 is 1.92 bits per heavy atom. The predicted octanol–water partition coefficient (Wildman–Crippen LogP) is 3.78. The Bertz CT molecular complexity index is 706. The number of hydrogen-bond acceptors (Lipinski definition) is 6. The maximum absolute atomic E-state index is 11.7. The molecule has 2 aromatic rings. The summed E-state index contributed by atoms with van der Waals surface area (Å²) in [5.41, 5.74) is 0.701. The maximum atomic E-state index is 11.7. The van der Waals surface area contributed by atoms with Crippen LogP contribution in [-0.2, 0) is 11.3 Å². The minimum absolute atomic E-state index is 0.214. The molecule has 2 rings (SSSR count). The Hall–Kier alpha value is -2.12. The molecule has 0 spiro atoms. The summed E-state index contributed by atoms with van der Waals surface area (Å²) in [6, 6.07) is 7.86. The van der Waals surface area contributed by atoms with E-state index < -0.39 is 6.09 Å². The molecule has 0 atom stereocenters. The summed E-state index contributed by atoms with van der Waals surface area (Å²) in [7, 11) is 4.03. The topological polar surface area (TPSA) is 63.7 Å². The van der Waals surface area contributed by atoms with Crippen molar-refractivity contribution in [1.29, 1.82) is 0 Å². The van der Waals surface area contributed by atoms with E-state index in [0.29, 0.717) is 6.61 Å². The van der Waals surface area contributed by atoms with E-state index in [2.05, 4.69) is 15.2 Å². The van der Waals surface area contributed by atoms with Crippen LogP contribution >= 0.6 is 11.3 Å². The third-order valence-electron chi connectivity index (χ3n) is 3.28. The number of rotatable bonds is 7. The van der Waals surface area contributed by atoms with Crippen LogP contribution in [-0.4, -0.2) is 48.8 Å². The molecule has 0 fully saturated rings. The first-order chi connectivity index (χ1) is 12.2. The van der Waals surface area contributed by atoms with Crippen molar-refractivity contribution in [2.45, 2.75) is 32.9 Å². The second-order valence-electron chi connectivity index (χ2n) is 7.26. The largest absolute Gasteiger partial charge is 0.492 e. The average Bonchev–Trinajstić information content (AvgIpc) is 3.01. The SMILES string of the molecule is CN(C)CCOc1ccc(-c2ncc(COC(=O)NC(C)(C)C)s2)cc1. The minimum atomic E-state index is -0.424. The Labute approximate surface area is 159 Å². The fourth-order valence-electron chi connectivity index (χ4n) is 2.03. The van der Waals surface area contributed by atoms with Crippen LogP contribution in [0.15, 0.2) is 30.5 Å². The summed E-state index contributed by atoms with van der Waals surface area (Å²) in [5, 5.41) is 3.65. The molecule has 0 unspecified atom stereocenters. The second kappa shape index (κ2) is 9.00. The highest BCUT2D eigenvalue weighted by molar-refractivity contribution is 7.15. The van der Waals surface area contributed by atoms with Crippen molar-refractivity contribution in [3.05, 3.63) is 35.3 Å². The molecule has 26 heavy (non-hydrogen) atoms. The quantitative estimate of drug-likeness (QED) is 0.796. The first-order valence-corrected chi connectivity index (χ1v) is 9.32. The van der Waals surface area contributed by atoms with Gasteiger partial charge in [0.05, 0.1) is 4.88 Å². The average molecular weight is 378 g/mol. The van der Waals surface area contributed by atoms with Crippen LogP contribution < -0.4 is 10.1 Å². The van der Waals surface area contributed by atoms with Crippen LogP contribution in [0.4, 0.5) is 4.79 Å². The van der Waals surface area contributed by atoms with E-state index in [0.717, 1.165) is 27.7 Å². The molecule has 1 amide bonds. The van der Waals surface area contributed by atoms with Gasteiger partial charge in [-0.25, -0.2) is 9.78 Å². The second-order valence-corrected chi connectivity index (χ2v) is 8.37. The molecule has 0 aliphatic carbocycles. The van der Waals surface area contributed by atoms with Gasteiger partial charge in [-0.05, 0) is 59.1 Å². The lowest BCUT2D eigenvalue weighted by Crippen LogP contribution is -2.40. The Morgan fingerprint density at radius 3 is 2.54 bits per heavy atom. The van der Waals surface area contributed by atoms with E-state index in [9.17, 15) is 4.79 Å². The maximum Gasteiger partial charge on any atom is 0.407 e. The van der Waals surface area contributed by atoms with Gasteiger partial charge >= 0.3 is 6.09 Å². The smallest absolute Gasteiger partial charge is 0.407 e. The third kappa shape index (κ3) is 7.01. The number of nitrogens with one attached hydrogen (secondary N) is 1. The van der Waals surface area contributed by atoms with E-state index in [-0.39, 0.29) is 12.1 Å². The number of likely N-dealkylation sites (N-methyl/N-ethyl adjacent to an activating group) is 1. The van der Waals surface area contributed by atoms with Crippen LogP contribution in [0.3, 0.4) is 0 Å². The molecule has 0 aliphatic rings. The van der Waals surface area contributed by atoms with E-state index in [1.807, 2.05) is 59.1 Å². The Kier molecular flexibility index (Phi) is 6.99. The third-order valence-corrected chi connectivity index (χ3v) is 4.30. The highest BCUT2D eigenvalue weighted by Gasteiger charge is 2.15. The normalized spacial score (nSPS) is 11.5. The zero-order chi connectivity index (χ0) is 19.2. The van der Waals surface area contributed by atoms with Crippen molar-refractivity contribution in [3.8, 4) is 16.3 Å². The lowest BCUT2D eigenvalue weighted by Gasteiger charge is -2.19. The van der Waals surface area contributed by atoms with Gasteiger partial charge in [-0.1, -0.05) is 0 Å². The molecule has 0 saturated carbocycles. The molecule has 1 aromatic heterocycles. The zero-order valence-corrected chi connectivity index (χ0v) is 16.9. The molecular weight excluding hydrogens is 350 g/mol. The highest BCUT2D eigenvalue weighted by atomic mass is 32.1. The van der Waals surface area contributed by atoms with Crippen LogP contribution in [0.2, 0.25) is 0 Å². The van der Waals surface area contributed by atoms with E-state index in [4.69, 9.17) is 9.47 Å². The Morgan fingerprint density at radius 1 is 1.23 bits per heavy atom. The summed E-state index contributed by atoms with van der Waals surface area (Å²) < 4.78 is 10.9. The number of amides is 1. The summed E-state index contributed by atoms with van der Waals surface area (Å²) in [6.07, 6.45) is 1.32. The van der Waals surface area contributed by atoms with Gasteiger partial charge in [0, 0.05) is 23.8 Å².